The minimum atomic E-state index is -0.314. The Morgan fingerprint density at radius 3 is 2.65 bits per heavy atom. The molecule has 0 saturated carbocycles. The number of halogens is 1. The summed E-state index contributed by atoms with van der Waals surface area (Å²) >= 11 is 0. The summed E-state index contributed by atoms with van der Waals surface area (Å²) in [6.45, 7) is 1.82. The molecule has 1 aromatic rings. The van der Waals surface area contributed by atoms with Crippen molar-refractivity contribution in [2.24, 2.45) is 5.92 Å². The highest BCUT2D eigenvalue weighted by Gasteiger charge is 2.13. The number of unbranched alkanes of at least 4 members (excludes halogenated alkanes) is 1. The summed E-state index contributed by atoms with van der Waals surface area (Å²) in [6, 6.07) is 9.58. The number of alkyl halides is 1. The van der Waals surface area contributed by atoms with Crippen LogP contribution in [0.25, 0.3) is 0 Å². The monoisotopic (exact) mass is 238 g/mol. The van der Waals surface area contributed by atoms with Crippen molar-refractivity contribution in [2.75, 3.05) is 6.67 Å². The molecule has 0 saturated heterocycles. The van der Waals surface area contributed by atoms with Crippen LogP contribution in [0.3, 0.4) is 0 Å². The largest absolute Gasteiger partial charge is 0.461 e. The number of benzene rings is 1. The lowest BCUT2D eigenvalue weighted by Gasteiger charge is -2.10. The topological polar surface area (TPSA) is 26.3 Å². The molecular weight excluding hydrogens is 219 g/mol. The molecule has 0 aliphatic heterocycles. The van der Waals surface area contributed by atoms with E-state index in [2.05, 4.69) is 0 Å². The normalized spacial score (nSPS) is 12.1. The second-order valence-electron chi connectivity index (χ2n) is 4.18. The fraction of sp³-hybridized carbons (Fsp3) is 0.500. The van der Waals surface area contributed by atoms with E-state index in [4.69, 9.17) is 4.74 Å². The first kappa shape index (κ1) is 13.7. The summed E-state index contributed by atoms with van der Waals surface area (Å²) in [5.41, 5.74) is 0.983. The van der Waals surface area contributed by atoms with Crippen molar-refractivity contribution >= 4 is 5.97 Å². The second kappa shape index (κ2) is 7.82. The molecule has 0 N–H and O–H groups in total. The van der Waals surface area contributed by atoms with Crippen molar-refractivity contribution in [3.05, 3.63) is 35.9 Å². The molecule has 3 heteroatoms. The highest BCUT2D eigenvalue weighted by Crippen LogP contribution is 2.11. The van der Waals surface area contributed by atoms with E-state index in [0.29, 0.717) is 19.4 Å². The third-order valence-electron chi connectivity index (χ3n) is 2.65. The SMILES string of the molecule is CC(CCCCF)C(=O)OCc1ccccc1. The van der Waals surface area contributed by atoms with Crippen LogP contribution in [0.1, 0.15) is 31.7 Å². The van der Waals surface area contributed by atoms with Gasteiger partial charge in [-0.2, -0.15) is 0 Å². The lowest BCUT2D eigenvalue weighted by Crippen LogP contribution is -2.14. The van der Waals surface area contributed by atoms with Crippen molar-refractivity contribution < 1.29 is 13.9 Å². The zero-order valence-electron chi connectivity index (χ0n) is 10.2. The van der Waals surface area contributed by atoms with Gasteiger partial charge in [-0.3, -0.25) is 9.18 Å². The van der Waals surface area contributed by atoms with Crippen molar-refractivity contribution in [1.29, 1.82) is 0 Å². The van der Waals surface area contributed by atoms with E-state index in [-0.39, 0.29) is 18.6 Å². The van der Waals surface area contributed by atoms with Gasteiger partial charge in [0.25, 0.3) is 0 Å². The van der Waals surface area contributed by atoms with E-state index in [9.17, 15) is 9.18 Å². The molecule has 0 aliphatic rings. The van der Waals surface area contributed by atoms with Crippen LogP contribution in [-0.2, 0) is 16.1 Å². The molecule has 0 aromatic heterocycles. The molecule has 0 aliphatic carbocycles. The quantitative estimate of drug-likeness (QED) is 0.536. The van der Waals surface area contributed by atoms with Gasteiger partial charge in [-0.15, -0.1) is 0 Å². The Balaban J connectivity index is 2.24. The maximum atomic E-state index is 11.9. The Bertz CT molecular complexity index is 324. The molecule has 17 heavy (non-hydrogen) atoms. The van der Waals surface area contributed by atoms with E-state index in [1.54, 1.807) is 0 Å². The van der Waals surface area contributed by atoms with Gasteiger partial charge in [0.2, 0.25) is 0 Å². The zero-order chi connectivity index (χ0) is 12.5. The number of hydrogen-bond acceptors (Lipinski definition) is 2. The molecule has 0 fully saturated rings. The number of esters is 1. The van der Waals surface area contributed by atoms with Crippen molar-refractivity contribution in [2.45, 2.75) is 32.8 Å². The fourth-order valence-corrected chi connectivity index (χ4v) is 1.53. The molecule has 0 spiro atoms. The zero-order valence-corrected chi connectivity index (χ0v) is 10.2. The average molecular weight is 238 g/mol. The van der Waals surface area contributed by atoms with Gasteiger partial charge in [-0.05, 0) is 18.4 Å². The number of hydrogen-bond donors (Lipinski definition) is 0. The average Bonchev–Trinajstić information content (AvgIpc) is 2.37. The van der Waals surface area contributed by atoms with Gasteiger partial charge in [-0.25, -0.2) is 0 Å². The van der Waals surface area contributed by atoms with Gasteiger partial charge in [0, 0.05) is 0 Å². The molecule has 0 heterocycles. The number of rotatable bonds is 7. The summed E-state index contributed by atoms with van der Waals surface area (Å²) in [6.07, 6.45) is 1.95. The van der Waals surface area contributed by atoms with Gasteiger partial charge >= 0.3 is 5.97 Å². The van der Waals surface area contributed by atoms with Gasteiger partial charge in [-0.1, -0.05) is 43.7 Å². The smallest absolute Gasteiger partial charge is 0.308 e. The molecule has 1 aromatic carbocycles. The third kappa shape index (κ3) is 5.48. The van der Waals surface area contributed by atoms with Crippen LogP contribution in [0.2, 0.25) is 0 Å². The summed E-state index contributed by atoms with van der Waals surface area (Å²) in [4.78, 5) is 11.6. The van der Waals surface area contributed by atoms with E-state index in [1.165, 1.54) is 0 Å². The first-order valence-corrected chi connectivity index (χ1v) is 6.00. The third-order valence-corrected chi connectivity index (χ3v) is 2.65. The van der Waals surface area contributed by atoms with Crippen LogP contribution in [0.15, 0.2) is 30.3 Å². The number of carbonyl (C=O) groups excluding carboxylic acids is 1. The Morgan fingerprint density at radius 2 is 2.00 bits per heavy atom. The lowest BCUT2D eigenvalue weighted by atomic mass is 10.0. The minimum absolute atomic E-state index is 0.148. The van der Waals surface area contributed by atoms with Crippen LogP contribution in [-0.4, -0.2) is 12.6 Å². The Hall–Kier alpha value is -1.38. The van der Waals surface area contributed by atoms with E-state index < -0.39 is 0 Å². The molecule has 2 nitrogen and oxygen atoms in total. The van der Waals surface area contributed by atoms with E-state index in [1.807, 2.05) is 37.3 Å². The van der Waals surface area contributed by atoms with E-state index in [0.717, 1.165) is 12.0 Å². The lowest BCUT2D eigenvalue weighted by molar-refractivity contribution is -0.149. The summed E-state index contributed by atoms with van der Waals surface area (Å²) in [5, 5.41) is 0. The number of ether oxygens (including phenoxy) is 1. The summed E-state index contributed by atoms with van der Waals surface area (Å²) < 4.78 is 17.1. The highest BCUT2D eigenvalue weighted by molar-refractivity contribution is 5.71. The van der Waals surface area contributed by atoms with Gasteiger partial charge < -0.3 is 4.74 Å². The molecule has 1 atom stereocenters. The van der Waals surface area contributed by atoms with Gasteiger partial charge in [0.1, 0.15) is 6.61 Å². The van der Waals surface area contributed by atoms with Crippen molar-refractivity contribution in [3.8, 4) is 0 Å². The fourth-order valence-electron chi connectivity index (χ4n) is 1.53. The van der Waals surface area contributed by atoms with Crippen LogP contribution in [0.4, 0.5) is 4.39 Å². The Morgan fingerprint density at radius 1 is 1.29 bits per heavy atom. The van der Waals surface area contributed by atoms with Crippen LogP contribution >= 0.6 is 0 Å². The molecule has 1 unspecified atom stereocenters. The van der Waals surface area contributed by atoms with Gasteiger partial charge in [0.05, 0.1) is 12.6 Å². The standard InChI is InChI=1S/C14H19FO2/c1-12(7-5-6-10-15)14(16)17-11-13-8-3-2-4-9-13/h2-4,8-9,12H,5-7,10-11H2,1H3. The molecule has 0 radical (unpaired) electrons. The predicted molar refractivity (Wildman–Crippen MR) is 65.2 cm³/mol. The first-order valence-electron chi connectivity index (χ1n) is 6.00. The van der Waals surface area contributed by atoms with Crippen molar-refractivity contribution in [1.82, 2.24) is 0 Å². The van der Waals surface area contributed by atoms with Gasteiger partial charge in [0.15, 0.2) is 0 Å². The Kier molecular flexibility index (Phi) is 6.30. The number of carbonyl (C=O) groups is 1. The van der Waals surface area contributed by atoms with Crippen LogP contribution in [0, 0.1) is 5.92 Å². The minimum Gasteiger partial charge on any atom is -0.461 e. The maximum absolute atomic E-state index is 11.9. The molecule has 0 bridgehead atoms. The van der Waals surface area contributed by atoms with Crippen molar-refractivity contribution in [3.63, 3.8) is 0 Å². The van der Waals surface area contributed by atoms with Crippen LogP contribution in [0.5, 0.6) is 0 Å². The molecule has 1 rings (SSSR count). The second-order valence-corrected chi connectivity index (χ2v) is 4.18. The Labute approximate surface area is 102 Å². The van der Waals surface area contributed by atoms with Crippen LogP contribution < -0.4 is 0 Å². The highest BCUT2D eigenvalue weighted by atomic mass is 19.1. The molecule has 0 amide bonds. The summed E-state index contributed by atoms with van der Waals surface area (Å²) in [5.74, 6) is -0.349. The maximum Gasteiger partial charge on any atom is 0.308 e. The first-order chi connectivity index (χ1) is 8.24. The predicted octanol–water partition coefficient (Wildman–Crippen LogP) is 3.51. The molecular formula is C14H19FO2. The van der Waals surface area contributed by atoms with E-state index >= 15 is 0 Å². The molecule has 94 valence electrons. The summed E-state index contributed by atoms with van der Waals surface area (Å²) in [7, 11) is 0.